The zero-order chi connectivity index (χ0) is 23.6. The van der Waals surface area contributed by atoms with E-state index >= 15 is 0 Å². The summed E-state index contributed by atoms with van der Waals surface area (Å²) in [5.41, 5.74) is 2.03. The molecule has 0 aliphatic heterocycles. The van der Waals surface area contributed by atoms with E-state index in [4.69, 9.17) is 9.84 Å². The molecule has 4 aromatic rings. The number of imidazole rings is 1. The topological polar surface area (TPSA) is 75.2 Å². The summed E-state index contributed by atoms with van der Waals surface area (Å²) in [7, 11) is 0. The number of benzene rings is 3. The van der Waals surface area contributed by atoms with E-state index < -0.39 is 17.7 Å². The van der Waals surface area contributed by atoms with Crippen LogP contribution >= 0.6 is 0 Å². The maximum atomic E-state index is 13.7. The van der Waals surface area contributed by atoms with E-state index in [9.17, 15) is 18.0 Å². The number of alkyl halides is 3. The number of carbonyl (C=O) groups is 1. The summed E-state index contributed by atoms with van der Waals surface area (Å²) in [6.45, 7) is 1.90. The second-order valence-electron chi connectivity index (χ2n) is 7.50. The van der Waals surface area contributed by atoms with Gasteiger partial charge in [0.25, 0.3) is 0 Å². The van der Waals surface area contributed by atoms with Crippen molar-refractivity contribution >= 4 is 5.97 Å². The first kappa shape index (κ1) is 22.1. The summed E-state index contributed by atoms with van der Waals surface area (Å²) in [5.74, 6) is -0.615. The fourth-order valence-corrected chi connectivity index (χ4v) is 3.42. The third-order valence-electron chi connectivity index (χ3n) is 5.06. The molecule has 1 heterocycles. The Morgan fingerprint density at radius 1 is 1.03 bits per heavy atom. The molecule has 0 fully saturated rings. The zero-order valence-electron chi connectivity index (χ0n) is 17.5. The molecular formula is C25H19F3N2O3. The van der Waals surface area contributed by atoms with Crippen LogP contribution < -0.4 is 4.74 Å². The van der Waals surface area contributed by atoms with E-state index in [1.165, 1.54) is 18.3 Å². The van der Waals surface area contributed by atoms with Gasteiger partial charge in [0, 0.05) is 11.8 Å². The molecule has 8 heteroatoms. The Bertz CT molecular complexity index is 1300. The maximum Gasteiger partial charge on any atom is 0.417 e. The lowest BCUT2D eigenvalue weighted by atomic mass is 9.97. The summed E-state index contributed by atoms with van der Waals surface area (Å²) in [4.78, 5) is 17.7. The van der Waals surface area contributed by atoms with E-state index in [0.29, 0.717) is 17.0 Å². The molecule has 0 atom stereocenters. The Hall–Kier alpha value is -4.07. The van der Waals surface area contributed by atoms with Crippen molar-refractivity contribution in [2.75, 3.05) is 0 Å². The van der Waals surface area contributed by atoms with Crippen LogP contribution in [-0.4, -0.2) is 21.0 Å². The van der Waals surface area contributed by atoms with Gasteiger partial charge in [-0.2, -0.15) is 13.2 Å². The number of rotatable bonds is 6. The second-order valence-corrected chi connectivity index (χ2v) is 7.50. The smallest absolute Gasteiger partial charge is 0.417 e. The number of nitrogens with zero attached hydrogens (tertiary/aromatic N) is 1. The number of carboxylic acid groups (broad SMARTS) is 1. The van der Waals surface area contributed by atoms with E-state index in [1.54, 1.807) is 42.5 Å². The molecule has 33 heavy (non-hydrogen) atoms. The van der Waals surface area contributed by atoms with Crippen molar-refractivity contribution in [1.29, 1.82) is 0 Å². The van der Waals surface area contributed by atoms with Crippen LogP contribution in [0.2, 0.25) is 0 Å². The predicted octanol–water partition coefficient (Wildman–Crippen LogP) is 6.35. The standard InChI is InChI=1S/C25H19F3N2O3/c1-15-3-2-4-18(11-15)20-10-9-19(12-21(20)25(26,27)28)33-14-16-5-7-17(8-6-16)23-29-13-22(30-23)24(31)32/h2-13H,14H2,1H3,(H,29,30)(H,31,32). The van der Waals surface area contributed by atoms with Gasteiger partial charge in [0.15, 0.2) is 5.69 Å². The van der Waals surface area contributed by atoms with Gasteiger partial charge in [-0.1, -0.05) is 60.2 Å². The quantitative estimate of drug-likeness (QED) is 0.358. The van der Waals surface area contributed by atoms with Crippen molar-refractivity contribution < 1.29 is 27.8 Å². The van der Waals surface area contributed by atoms with E-state index in [0.717, 1.165) is 17.2 Å². The van der Waals surface area contributed by atoms with Crippen LogP contribution in [0.3, 0.4) is 0 Å². The van der Waals surface area contributed by atoms with Gasteiger partial charge < -0.3 is 14.8 Å². The molecule has 5 nitrogen and oxygen atoms in total. The minimum atomic E-state index is -4.53. The third kappa shape index (κ3) is 5.06. The predicted molar refractivity (Wildman–Crippen MR) is 117 cm³/mol. The van der Waals surface area contributed by atoms with Crippen LogP contribution in [0.25, 0.3) is 22.5 Å². The number of aromatic amines is 1. The first-order valence-electron chi connectivity index (χ1n) is 10.00. The molecule has 168 valence electrons. The molecule has 0 aliphatic carbocycles. The van der Waals surface area contributed by atoms with Crippen LogP contribution in [0.1, 0.15) is 27.2 Å². The maximum absolute atomic E-state index is 13.7. The molecule has 0 radical (unpaired) electrons. The molecule has 0 saturated carbocycles. The van der Waals surface area contributed by atoms with Crippen molar-refractivity contribution in [2.24, 2.45) is 0 Å². The third-order valence-corrected chi connectivity index (χ3v) is 5.06. The average Bonchev–Trinajstić information content (AvgIpc) is 3.28. The molecule has 0 amide bonds. The van der Waals surface area contributed by atoms with Gasteiger partial charge in [-0.25, -0.2) is 9.78 Å². The Balaban J connectivity index is 1.51. The number of nitrogens with one attached hydrogen (secondary N) is 1. The molecule has 4 rings (SSSR count). The highest BCUT2D eigenvalue weighted by Gasteiger charge is 2.34. The molecule has 0 unspecified atom stereocenters. The van der Waals surface area contributed by atoms with Gasteiger partial charge in [-0.15, -0.1) is 0 Å². The number of hydrogen-bond acceptors (Lipinski definition) is 3. The molecular weight excluding hydrogens is 433 g/mol. The van der Waals surface area contributed by atoms with Crippen molar-refractivity contribution in [3.8, 4) is 28.3 Å². The van der Waals surface area contributed by atoms with Crippen LogP contribution in [0.5, 0.6) is 5.75 Å². The summed E-state index contributed by atoms with van der Waals surface area (Å²) in [6, 6.07) is 17.8. The Morgan fingerprint density at radius 2 is 1.79 bits per heavy atom. The molecule has 1 aromatic heterocycles. The van der Waals surface area contributed by atoms with E-state index in [-0.39, 0.29) is 23.6 Å². The highest BCUT2D eigenvalue weighted by atomic mass is 19.4. The molecule has 0 bridgehead atoms. The number of aryl methyl sites for hydroxylation is 1. The number of carboxylic acids is 1. The van der Waals surface area contributed by atoms with Gasteiger partial charge in [-0.3, -0.25) is 0 Å². The van der Waals surface area contributed by atoms with Gasteiger partial charge >= 0.3 is 12.1 Å². The Morgan fingerprint density at radius 3 is 2.42 bits per heavy atom. The van der Waals surface area contributed by atoms with Gasteiger partial charge in [0.05, 0.1) is 5.56 Å². The SMILES string of the molecule is Cc1cccc(-c2ccc(OCc3ccc(-c4nc(C(=O)O)c[nH]4)cc3)cc2C(F)(F)F)c1. The van der Waals surface area contributed by atoms with Crippen LogP contribution in [-0.2, 0) is 12.8 Å². The van der Waals surface area contributed by atoms with Crippen LogP contribution in [0.15, 0.2) is 72.9 Å². The van der Waals surface area contributed by atoms with Crippen molar-refractivity contribution in [3.05, 3.63) is 95.3 Å². The second kappa shape index (κ2) is 8.82. The zero-order valence-corrected chi connectivity index (χ0v) is 17.5. The first-order chi connectivity index (χ1) is 15.7. The van der Waals surface area contributed by atoms with Crippen molar-refractivity contribution in [2.45, 2.75) is 19.7 Å². The van der Waals surface area contributed by atoms with Crippen LogP contribution in [0.4, 0.5) is 13.2 Å². The first-order valence-corrected chi connectivity index (χ1v) is 10.00. The highest BCUT2D eigenvalue weighted by molar-refractivity contribution is 5.85. The number of aromatic nitrogens is 2. The largest absolute Gasteiger partial charge is 0.489 e. The molecule has 0 spiro atoms. The summed E-state index contributed by atoms with van der Waals surface area (Å²) in [6.07, 6.45) is -3.23. The molecule has 2 N–H and O–H groups in total. The minimum absolute atomic E-state index is 0.0693. The number of ether oxygens (including phenoxy) is 1. The van der Waals surface area contributed by atoms with Crippen LogP contribution in [0, 0.1) is 6.92 Å². The molecule has 0 saturated heterocycles. The number of halogens is 3. The monoisotopic (exact) mass is 452 g/mol. The van der Waals surface area contributed by atoms with E-state index in [2.05, 4.69) is 9.97 Å². The lowest BCUT2D eigenvalue weighted by molar-refractivity contribution is -0.137. The number of H-pyrrole nitrogens is 1. The Kier molecular flexibility index (Phi) is 5.91. The lowest BCUT2D eigenvalue weighted by Gasteiger charge is -2.16. The summed E-state index contributed by atoms with van der Waals surface area (Å²) < 4.78 is 46.8. The highest BCUT2D eigenvalue weighted by Crippen LogP contribution is 2.39. The summed E-state index contributed by atoms with van der Waals surface area (Å²) in [5, 5.41) is 8.96. The molecule has 0 aliphatic rings. The normalized spacial score (nSPS) is 11.4. The van der Waals surface area contributed by atoms with Gasteiger partial charge in [0.2, 0.25) is 0 Å². The number of hydrogen-bond donors (Lipinski definition) is 2. The fourth-order valence-electron chi connectivity index (χ4n) is 3.42. The lowest BCUT2D eigenvalue weighted by Crippen LogP contribution is -2.08. The average molecular weight is 452 g/mol. The van der Waals surface area contributed by atoms with Crippen molar-refractivity contribution in [1.82, 2.24) is 9.97 Å². The van der Waals surface area contributed by atoms with E-state index in [1.807, 2.05) is 13.0 Å². The van der Waals surface area contributed by atoms with Gasteiger partial charge in [-0.05, 0) is 35.7 Å². The Labute approximate surface area is 187 Å². The summed E-state index contributed by atoms with van der Waals surface area (Å²) >= 11 is 0. The fraction of sp³-hybridized carbons (Fsp3) is 0.120. The molecule has 3 aromatic carbocycles. The van der Waals surface area contributed by atoms with Gasteiger partial charge in [0.1, 0.15) is 18.2 Å². The minimum Gasteiger partial charge on any atom is -0.489 e. The number of aromatic carboxylic acids is 1. The van der Waals surface area contributed by atoms with Crippen molar-refractivity contribution in [3.63, 3.8) is 0 Å².